The molecule has 0 atom stereocenters. The van der Waals surface area contributed by atoms with Crippen molar-refractivity contribution >= 4 is 23.1 Å². The monoisotopic (exact) mass is 357 g/mol. The van der Waals surface area contributed by atoms with E-state index in [0.29, 0.717) is 0 Å². The van der Waals surface area contributed by atoms with Crippen LogP contribution in [0.2, 0.25) is 0 Å². The number of pyridine rings is 1. The molecule has 27 heavy (non-hydrogen) atoms. The number of rotatable bonds is 2. The van der Waals surface area contributed by atoms with Gasteiger partial charge in [0.15, 0.2) is 0 Å². The van der Waals surface area contributed by atoms with Crippen molar-refractivity contribution in [2.45, 2.75) is 0 Å². The smallest absolute Gasteiger partial charge is 0.127 e. The van der Waals surface area contributed by atoms with Crippen molar-refractivity contribution in [3.05, 3.63) is 94.9 Å². The number of hydrogen-bond donors (Lipinski definition) is 1. The van der Waals surface area contributed by atoms with E-state index < -0.39 is 11.6 Å². The largest absolute Gasteiger partial charge is 0.277 e. The number of nitrogens with one attached hydrogen (secondary N) is 1. The third-order valence-corrected chi connectivity index (χ3v) is 3.91. The van der Waals surface area contributed by atoms with Crippen molar-refractivity contribution in [1.82, 2.24) is 15.2 Å². The lowest BCUT2D eigenvalue weighted by atomic mass is 10.1. The van der Waals surface area contributed by atoms with E-state index in [1.807, 2.05) is 48.6 Å². The number of benzene rings is 2. The minimum Gasteiger partial charge on any atom is -0.277 e. The lowest BCUT2D eigenvalue weighted by Gasteiger charge is -1.95. The summed E-state index contributed by atoms with van der Waals surface area (Å²) in [6, 6.07) is 14.5. The summed E-state index contributed by atoms with van der Waals surface area (Å²) in [7, 11) is 0. The first-order valence-corrected chi connectivity index (χ1v) is 8.23. The number of hydrogen-bond acceptors (Lipinski definition) is 2. The minimum atomic E-state index is -0.647. The molecule has 0 aliphatic carbocycles. The Morgan fingerprint density at radius 2 is 1.67 bits per heavy atom. The van der Waals surface area contributed by atoms with Crippen LogP contribution in [0.15, 0.2) is 60.8 Å². The quantitative estimate of drug-likeness (QED) is 0.523. The summed E-state index contributed by atoms with van der Waals surface area (Å²) in [5.74, 6) is 4.43. The van der Waals surface area contributed by atoms with Crippen LogP contribution in [0.4, 0.5) is 8.78 Å². The number of halogens is 2. The lowest BCUT2D eigenvalue weighted by molar-refractivity contribution is 0.582. The molecule has 0 aliphatic heterocycles. The van der Waals surface area contributed by atoms with E-state index in [-0.39, 0.29) is 5.56 Å². The Morgan fingerprint density at radius 1 is 0.852 bits per heavy atom. The molecular formula is C22H13F2N3. The van der Waals surface area contributed by atoms with Gasteiger partial charge in [-0.15, -0.1) is 0 Å². The van der Waals surface area contributed by atoms with Gasteiger partial charge in [0, 0.05) is 28.8 Å². The van der Waals surface area contributed by atoms with Crippen LogP contribution < -0.4 is 0 Å². The van der Waals surface area contributed by atoms with Gasteiger partial charge in [0.25, 0.3) is 0 Å². The zero-order valence-corrected chi connectivity index (χ0v) is 14.1. The van der Waals surface area contributed by atoms with Crippen LogP contribution in [-0.4, -0.2) is 15.2 Å². The molecule has 0 unspecified atom stereocenters. The second-order valence-electron chi connectivity index (χ2n) is 5.87. The molecular weight excluding hydrogens is 344 g/mol. The highest BCUT2D eigenvalue weighted by Gasteiger charge is 2.04. The van der Waals surface area contributed by atoms with Crippen molar-refractivity contribution < 1.29 is 8.78 Å². The molecule has 5 heteroatoms. The van der Waals surface area contributed by atoms with Crippen LogP contribution in [0.5, 0.6) is 0 Å². The Kier molecular flexibility index (Phi) is 4.46. The summed E-state index contributed by atoms with van der Waals surface area (Å²) in [5, 5.41) is 8.18. The van der Waals surface area contributed by atoms with Gasteiger partial charge in [0.05, 0.1) is 16.9 Å². The fourth-order valence-corrected chi connectivity index (χ4v) is 2.65. The van der Waals surface area contributed by atoms with E-state index >= 15 is 0 Å². The predicted octanol–water partition coefficient (Wildman–Crippen LogP) is 4.81. The van der Waals surface area contributed by atoms with E-state index in [2.05, 4.69) is 27.0 Å². The molecule has 0 fully saturated rings. The number of nitrogens with zero attached hydrogens (tertiary/aromatic N) is 2. The highest BCUT2D eigenvalue weighted by atomic mass is 19.1. The zero-order chi connectivity index (χ0) is 18.6. The van der Waals surface area contributed by atoms with Crippen LogP contribution in [0.1, 0.15) is 22.5 Å². The summed E-state index contributed by atoms with van der Waals surface area (Å²) in [6.07, 6.45) is 5.48. The average Bonchev–Trinajstić information content (AvgIpc) is 3.07. The summed E-state index contributed by atoms with van der Waals surface area (Å²) >= 11 is 0. The van der Waals surface area contributed by atoms with Crippen LogP contribution in [0.3, 0.4) is 0 Å². The van der Waals surface area contributed by atoms with Gasteiger partial charge in [-0.1, -0.05) is 17.9 Å². The normalized spacial score (nSPS) is 10.9. The van der Waals surface area contributed by atoms with Gasteiger partial charge in [-0.25, -0.2) is 8.78 Å². The van der Waals surface area contributed by atoms with Crippen molar-refractivity contribution in [1.29, 1.82) is 0 Å². The van der Waals surface area contributed by atoms with E-state index in [1.165, 1.54) is 12.1 Å². The summed E-state index contributed by atoms with van der Waals surface area (Å²) in [4.78, 5) is 4.24. The Hall–Kier alpha value is -3.78. The van der Waals surface area contributed by atoms with Gasteiger partial charge in [-0.2, -0.15) is 5.10 Å². The molecule has 0 radical (unpaired) electrons. The molecule has 4 aromatic rings. The van der Waals surface area contributed by atoms with Gasteiger partial charge in [-0.05, 0) is 54.6 Å². The summed E-state index contributed by atoms with van der Waals surface area (Å²) < 4.78 is 26.5. The molecule has 0 amide bonds. The third kappa shape index (κ3) is 3.91. The molecule has 0 saturated heterocycles. The van der Waals surface area contributed by atoms with Crippen molar-refractivity contribution in [2.75, 3.05) is 0 Å². The maximum Gasteiger partial charge on any atom is 0.127 e. The molecule has 0 bridgehead atoms. The van der Waals surface area contributed by atoms with Crippen LogP contribution in [-0.2, 0) is 0 Å². The molecule has 0 spiro atoms. The Morgan fingerprint density at radius 3 is 2.44 bits per heavy atom. The van der Waals surface area contributed by atoms with Crippen molar-refractivity contribution in [2.24, 2.45) is 0 Å². The van der Waals surface area contributed by atoms with Gasteiger partial charge in [-0.3, -0.25) is 10.1 Å². The first-order valence-electron chi connectivity index (χ1n) is 8.23. The van der Waals surface area contributed by atoms with E-state index in [9.17, 15) is 8.78 Å². The topological polar surface area (TPSA) is 41.6 Å². The van der Waals surface area contributed by atoms with Crippen LogP contribution in [0, 0.1) is 23.5 Å². The van der Waals surface area contributed by atoms with Crippen molar-refractivity contribution in [3.63, 3.8) is 0 Å². The maximum absolute atomic E-state index is 13.3. The number of H-pyrrole nitrogens is 1. The molecule has 130 valence electrons. The molecule has 4 rings (SSSR count). The highest BCUT2D eigenvalue weighted by molar-refractivity contribution is 5.90. The molecule has 2 aromatic carbocycles. The first kappa shape index (κ1) is 16.7. The van der Waals surface area contributed by atoms with Crippen LogP contribution in [0.25, 0.3) is 23.1 Å². The maximum atomic E-state index is 13.3. The molecule has 0 aliphatic rings. The SMILES string of the molecule is Fc1cc(F)cc(C#Cc2ccc3[nH]nc(C=Cc4ccccn4)c3c2)c1. The Balaban J connectivity index is 1.66. The zero-order valence-electron chi connectivity index (χ0n) is 14.1. The van der Waals surface area contributed by atoms with E-state index in [1.54, 1.807) is 6.20 Å². The lowest BCUT2D eigenvalue weighted by Crippen LogP contribution is -1.83. The molecule has 2 heterocycles. The second-order valence-corrected chi connectivity index (χ2v) is 5.87. The molecule has 3 nitrogen and oxygen atoms in total. The fourth-order valence-electron chi connectivity index (χ4n) is 2.65. The number of aromatic amines is 1. The standard InChI is InChI=1S/C22H13F2N3/c23-17-11-16(12-18(24)14-17)5-4-15-6-8-21-20(13-15)22(27-26-21)9-7-19-3-1-2-10-25-19/h1-3,6-14H,(H,26,27). The van der Waals surface area contributed by atoms with Crippen molar-refractivity contribution in [3.8, 4) is 11.8 Å². The van der Waals surface area contributed by atoms with Gasteiger partial charge >= 0.3 is 0 Å². The third-order valence-electron chi connectivity index (χ3n) is 3.91. The number of fused-ring (bicyclic) bond motifs is 1. The summed E-state index contributed by atoms with van der Waals surface area (Å²) in [5.41, 5.74) is 3.47. The van der Waals surface area contributed by atoms with Gasteiger partial charge in [0.1, 0.15) is 11.6 Å². The second kappa shape index (κ2) is 7.22. The molecule has 2 aromatic heterocycles. The van der Waals surface area contributed by atoms with E-state index in [0.717, 1.165) is 33.9 Å². The average molecular weight is 357 g/mol. The predicted molar refractivity (Wildman–Crippen MR) is 102 cm³/mol. The summed E-state index contributed by atoms with van der Waals surface area (Å²) in [6.45, 7) is 0. The van der Waals surface area contributed by atoms with Gasteiger partial charge in [0.2, 0.25) is 0 Å². The fraction of sp³-hybridized carbons (Fsp3) is 0. The first-order chi connectivity index (χ1) is 13.2. The Labute approximate surface area is 154 Å². The minimum absolute atomic E-state index is 0.287. The van der Waals surface area contributed by atoms with Crippen LogP contribution >= 0.6 is 0 Å². The van der Waals surface area contributed by atoms with E-state index in [4.69, 9.17) is 0 Å². The van der Waals surface area contributed by atoms with Gasteiger partial charge < -0.3 is 0 Å². The molecule has 0 saturated carbocycles. The number of aromatic nitrogens is 3. The molecule has 1 N–H and O–H groups in total. The Bertz CT molecular complexity index is 1180. The highest BCUT2D eigenvalue weighted by Crippen LogP contribution is 2.19.